The van der Waals surface area contributed by atoms with Crippen LogP contribution in [0, 0.1) is 55.7 Å². The number of hydrogen-bond acceptors (Lipinski definition) is 30. The zero-order valence-corrected chi connectivity index (χ0v) is 89.0. The molecule has 756 valence electrons. The van der Waals surface area contributed by atoms with E-state index in [4.69, 9.17) is 123 Å². The number of nitrogens with two attached hydrogens (primary N) is 4. The molecule has 0 fully saturated rings. The number of halogens is 9. The maximum Gasteiger partial charge on any atom is 1.00 e. The van der Waals surface area contributed by atoms with Gasteiger partial charge in [-0.25, -0.2) is 4.85 Å². The average molecular weight is 2380 g/mol. The summed E-state index contributed by atoms with van der Waals surface area (Å²) in [5.41, 5.74) is 34.7. The number of thiazole rings is 4. The van der Waals surface area contributed by atoms with Gasteiger partial charge in [0.05, 0.1) is 130 Å². The Morgan fingerprint density at radius 3 is 1.18 bits per heavy atom. The number of aldehydes is 1. The smallest absolute Gasteiger partial charge is 0.512 e. The molecule has 0 spiro atoms. The summed E-state index contributed by atoms with van der Waals surface area (Å²) in [7, 11) is 0. The Balaban J connectivity index is 0.000000223. The molecule has 0 aliphatic carbocycles. The Kier molecular flexibility index (Phi) is 51.3. The Bertz CT molecular complexity index is 7310. The number of carbonyl (C=O) groups excluding carboxylic acids is 6. The van der Waals surface area contributed by atoms with Crippen molar-refractivity contribution in [1.82, 2.24) is 59.5 Å². The SMILES string of the molecule is BrC1=CCN=C1.Brc1cnn(Cc2ccccc2)c1.Cc1nccs1.Nc1ccc(Cl)cc1.Nc1ccc(Cl)cc1C(=O)c1cn[nH]c1.Nc1ccc(Cl)cc1C(=O)c1cncs1.Nc1ccc(Cl)cc1C(=O)c1cnn(Cc2ccccc2)c1.O=C(c1cncs1)c1cc(Cl)ccc1[N+](=O)[O-].O=C(c1cncs1)c1cc(Cl)ccc1[N+](=O)[O-].O=Cc1cc(Cl)ccc1[N+](=O)[O-].[C-]#N.[C-]#[N+]c1cnn(Cc2ccccc2)c1.[Cu+]. The van der Waals surface area contributed by atoms with Crippen molar-refractivity contribution in [3.8, 4) is 0 Å². The number of nitrogen functional groups attached to an aromatic ring is 4. The van der Waals surface area contributed by atoms with Crippen LogP contribution in [0.25, 0.3) is 4.85 Å². The van der Waals surface area contributed by atoms with E-state index in [0.717, 1.165) is 72.5 Å². The number of anilines is 4. The van der Waals surface area contributed by atoms with Gasteiger partial charge in [0.2, 0.25) is 23.0 Å². The molecule has 10 aromatic carbocycles. The Labute approximate surface area is 923 Å². The van der Waals surface area contributed by atoms with Gasteiger partial charge in [0.15, 0.2) is 17.9 Å². The molecular weight excluding hydrogens is 2300 g/mol. The van der Waals surface area contributed by atoms with Crippen LogP contribution in [-0.2, 0) is 36.7 Å². The molecule has 148 heavy (non-hydrogen) atoms. The summed E-state index contributed by atoms with van der Waals surface area (Å²) in [6.45, 7) is 16.6. The molecular formula is C100H76Br2Cl7CuN22O12S4. The molecule has 9 N–H and O–H groups in total. The number of hydrogen-bond donors (Lipinski definition) is 5. The summed E-state index contributed by atoms with van der Waals surface area (Å²) >= 11 is 51.9. The van der Waals surface area contributed by atoms with Crippen molar-refractivity contribution in [3.05, 3.63) is 500 Å². The van der Waals surface area contributed by atoms with Crippen LogP contribution >= 0.6 is 158 Å². The van der Waals surface area contributed by atoms with E-state index in [9.17, 15) is 59.1 Å². The minimum atomic E-state index is -0.625. The van der Waals surface area contributed by atoms with Crippen molar-refractivity contribution in [2.45, 2.75) is 26.6 Å². The van der Waals surface area contributed by atoms with Crippen molar-refractivity contribution >= 4 is 245 Å². The molecule has 0 radical (unpaired) electrons. The third kappa shape index (κ3) is 40.4. The second-order valence-electron chi connectivity index (χ2n) is 28.8. The van der Waals surface area contributed by atoms with Crippen LogP contribution in [0.15, 0.2) is 341 Å². The standard InChI is InChI=1S/C17H14ClN3O.C11H9N3.C10H9BrN2.C10H8ClN3O.2C10H5ClN2O3S.C10H7ClN2OS.C7H4ClNO3.C6H6ClN.C4H4BrN.C4H5NS.CN.Cu/c18-14-6-7-16(19)15(8-14)17(22)13-9-20-21(11-13)10-12-4-2-1-3-5-12;1-12-11-7-13-14(9-11)8-10-5-3-2-4-6-10;11-10-6-12-13(8-10)7-9-4-2-1-3-5-9;11-7-1-2-9(12)8(3-7)10(15)6-4-13-14-5-6;2*11-6-1-2-8(13(15)16)7(3-6)10(14)9-4-12-5-17-9;11-6-1-2-8(12)7(3-6)10(14)9-4-13-5-15-9;8-6-1-2-7(9(11)12)5(3-6)4-10;7-5-1-3-6(8)4-2-5;5-4-1-2-6-3-4;1-4-5-2-3-6-4;1-2;/h1-9,11H,10,19H2;2-7,9H,8H2;1-6,8H,7H2;1-5H,12H2,(H,13,14);2*1-5H;1-5H,12H2;1-4H;1-4H,8H2;1,3H,2H2;2-3H,1H3;;/q;;;;;;;;;;;-1;+1. The molecule has 48 heteroatoms. The van der Waals surface area contributed by atoms with Crippen molar-refractivity contribution in [3.63, 3.8) is 0 Å². The first-order valence-electron chi connectivity index (χ1n) is 41.6. The molecule has 0 atom stereocenters. The number of carbonyl (C=O) groups is 6. The van der Waals surface area contributed by atoms with E-state index >= 15 is 0 Å². The van der Waals surface area contributed by atoms with Gasteiger partial charge in [0.25, 0.3) is 17.1 Å². The quantitative estimate of drug-likeness (QED) is 0.00900. The number of benzene rings is 10. The number of allylic oxidation sites excluding steroid dienone is 1. The van der Waals surface area contributed by atoms with E-state index in [1.54, 1.807) is 148 Å². The van der Waals surface area contributed by atoms with Crippen LogP contribution in [0.2, 0.25) is 35.2 Å². The third-order valence-electron chi connectivity index (χ3n) is 18.5. The third-order valence-corrected chi connectivity index (χ3v) is 24.1. The summed E-state index contributed by atoms with van der Waals surface area (Å²) in [5, 5.41) is 63.1. The van der Waals surface area contributed by atoms with Crippen LogP contribution in [0.1, 0.15) is 110 Å². The van der Waals surface area contributed by atoms with Gasteiger partial charge in [-0.1, -0.05) is 172 Å². The summed E-state index contributed by atoms with van der Waals surface area (Å²) in [6, 6.07) is 63.4. The van der Waals surface area contributed by atoms with E-state index in [1.165, 1.54) is 119 Å². The van der Waals surface area contributed by atoms with Gasteiger partial charge in [-0.05, 0) is 177 Å². The van der Waals surface area contributed by atoms with E-state index in [2.05, 4.69) is 99.3 Å². The first-order chi connectivity index (χ1) is 70.6. The Morgan fingerprint density at radius 1 is 0.466 bits per heavy atom. The fourth-order valence-electron chi connectivity index (χ4n) is 11.6. The Morgan fingerprint density at radius 2 is 0.845 bits per heavy atom. The number of nitrogens with one attached hydrogen (secondary N) is 1. The first kappa shape index (κ1) is 120. The zero-order valence-electron chi connectivity index (χ0n) is 76.3. The summed E-state index contributed by atoms with van der Waals surface area (Å²) in [4.78, 5) is 124. The first-order valence-corrected chi connectivity index (χ1v) is 49.4. The molecule has 0 unspecified atom stereocenters. The maximum absolute atomic E-state index is 12.5. The van der Waals surface area contributed by atoms with Gasteiger partial charge in [0, 0.05) is 158 Å². The van der Waals surface area contributed by atoms with E-state index < -0.39 is 26.3 Å². The number of rotatable bonds is 20. The molecule has 9 heterocycles. The number of aromatic amines is 1. The average Bonchev–Trinajstić information content (AvgIpc) is 1.56. The summed E-state index contributed by atoms with van der Waals surface area (Å²) in [6.07, 6.45) is 23.6. The number of aliphatic imine (C=N–C) groups is 1. The van der Waals surface area contributed by atoms with Crippen molar-refractivity contribution in [2.24, 2.45) is 4.99 Å². The number of ketones is 5. The zero-order chi connectivity index (χ0) is 107. The summed E-state index contributed by atoms with van der Waals surface area (Å²) in [5.74, 6) is -1.40. The molecule has 0 amide bonds. The van der Waals surface area contributed by atoms with Gasteiger partial charge < -0.3 is 34.8 Å². The fourth-order valence-corrected chi connectivity index (χ4v) is 15.6. The van der Waals surface area contributed by atoms with Gasteiger partial charge in [-0.15, -0.1) is 45.3 Å². The fraction of sp³-hybridized carbons (Fsp3) is 0.0500. The van der Waals surface area contributed by atoms with Crippen molar-refractivity contribution in [1.29, 1.82) is 5.26 Å². The minimum absolute atomic E-state index is 0. The molecule has 1 aliphatic heterocycles. The largest absolute Gasteiger partial charge is 1.00 e. The second-order valence-corrected chi connectivity index (χ2v) is 37.4. The molecule has 18 aromatic rings. The minimum Gasteiger partial charge on any atom is -0.512 e. The van der Waals surface area contributed by atoms with E-state index in [-0.39, 0.29) is 78.2 Å². The van der Waals surface area contributed by atoms with Crippen LogP contribution in [0.3, 0.4) is 0 Å². The number of nitro benzene ring substituents is 3. The van der Waals surface area contributed by atoms with Crippen LogP contribution in [0.5, 0.6) is 0 Å². The van der Waals surface area contributed by atoms with E-state index in [1.807, 2.05) is 108 Å². The molecule has 8 aromatic heterocycles. The molecule has 34 nitrogen and oxygen atoms in total. The number of aryl methyl sites for hydroxylation is 1. The molecule has 19 rings (SSSR count). The maximum atomic E-state index is 12.5. The van der Waals surface area contributed by atoms with Crippen LogP contribution < -0.4 is 22.9 Å². The second kappa shape index (κ2) is 63.3. The number of H-pyrrole nitrogens is 1. The van der Waals surface area contributed by atoms with Crippen LogP contribution in [0.4, 0.5) is 45.5 Å². The monoisotopic (exact) mass is 2370 g/mol. The van der Waals surface area contributed by atoms with E-state index in [0.29, 0.717) is 98.1 Å². The van der Waals surface area contributed by atoms with Crippen molar-refractivity contribution in [2.75, 3.05) is 29.5 Å². The van der Waals surface area contributed by atoms with Crippen molar-refractivity contribution < 1.29 is 60.6 Å². The van der Waals surface area contributed by atoms with Gasteiger partial charge >= 0.3 is 17.1 Å². The van der Waals surface area contributed by atoms with Crippen LogP contribution in [-0.4, -0.2) is 122 Å². The normalized spacial score (nSPS) is 10.2. The summed E-state index contributed by atoms with van der Waals surface area (Å²) < 4.78 is 7.51. The predicted octanol–water partition coefficient (Wildman–Crippen LogP) is 25.8. The predicted molar refractivity (Wildman–Crippen MR) is 585 cm³/mol. The molecule has 0 bridgehead atoms. The number of nitro groups is 3. The Hall–Kier alpha value is -15.1. The topological polar surface area (TPSA) is 510 Å². The van der Waals surface area contributed by atoms with Gasteiger partial charge in [-0.3, -0.25) is 103 Å². The van der Waals surface area contributed by atoms with Gasteiger partial charge in [-0.2, -0.15) is 20.4 Å². The molecule has 1 aliphatic rings. The molecule has 0 saturated carbocycles. The molecule has 0 saturated heterocycles. The number of nitrogens with zero attached hydrogens (tertiary/aromatic N) is 17. The van der Waals surface area contributed by atoms with Gasteiger partial charge in [0.1, 0.15) is 11.1 Å². The number of aromatic nitrogens is 12.